The summed E-state index contributed by atoms with van der Waals surface area (Å²) in [5.41, 5.74) is 3.62. The molecule has 1 aliphatic rings. The third-order valence-corrected chi connectivity index (χ3v) is 8.04. The van der Waals surface area contributed by atoms with Crippen molar-refractivity contribution < 1.29 is 17.6 Å². The Morgan fingerprint density at radius 2 is 1.79 bits per heavy atom. The Kier molecular flexibility index (Phi) is 6.36. The average Bonchev–Trinajstić information content (AvgIpc) is 3.41. The molecule has 0 radical (unpaired) electrons. The van der Waals surface area contributed by atoms with E-state index in [0.717, 1.165) is 34.8 Å². The molecule has 174 valence electrons. The van der Waals surface area contributed by atoms with Crippen molar-refractivity contribution in [3.8, 4) is 5.69 Å². The molecule has 2 aromatic carbocycles. The third-order valence-electron chi connectivity index (χ3n) is 6.12. The minimum Gasteiger partial charge on any atom is -0.340 e. The Hall–Kier alpha value is -3.04. The van der Waals surface area contributed by atoms with Crippen molar-refractivity contribution in [2.45, 2.75) is 44.2 Å². The van der Waals surface area contributed by atoms with Gasteiger partial charge in [-0.1, -0.05) is 18.2 Å². The molecule has 0 aliphatic carbocycles. The van der Waals surface area contributed by atoms with Gasteiger partial charge >= 0.3 is 0 Å². The van der Waals surface area contributed by atoms with Gasteiger partial charge in [0.1, 0.15) is 11.9 Å². The monoisotopic (exact) mass is 470 g/mol. The highest BCUT2D eigenvalue weighted by Gasteiger charge is 2.40. The molecule has 1 fully saturated rings. The fourth-order valence-corrected chi connectivity index (χ4v) is 5.96. The predicted octanol–water partition coefficient (Wildman–Crippen LogP) is 3.44. The smallest absolute Gasteiger partial charge is 0.243 e. The molecule has 9 heteroatoms. The number of amides is 1. The standard InChI is InChI=1S/C24H27FN4O3S/c1-17-22(18(2)29(26-17)20-8-5-4-6-9-20)16-27(3)24(30)23-10-7-15-28(23)33(31,32)21-13-11-19(25)12-14-21/h4-6,8-9,11-14,23H,7,10,15-16H2,1-3H3/t23-/m1/s1. The van der Waals surface area contributed by atoms with Crippen molar-refractivity contribution in [2.24, 2.45) is 0 Å². The highest BCUT2D eigenvalue weighted by molar-refractivity contribution is 7.89. The van der Waals surface area contributed by atoms with Crippen molar-refractivity contribution in [2.75, 3.05) is 13.6 Å². The Morgan fingerprint density at radius 1 is 1.12 bits per heavy atom. The summed E-state index contributed by atoms with van der Waals surface area (Å²) in [4.78, 5) is 14.9. The van der Waals surface area contributed by atoms with Gasteiger partial charge in [0, 0.05) is 31.4 Å². The first-order valence-corrected chi connectivity index (χ1v) is 12.3. The van der Waals surface area contributed by atoms with E-state index in [1.807, 2.05) is 48.9 Å². The summed E-state index contributed by atoms with van der Waals surface area (Å²) in [5.74, 6) is -0.769. The second-order valence-electron chi connectivity index (χ2n) is 8.32. The van der Waals surface area contributed by atoms with Crippen molar-refractivity contribution >= 4 is 15.9 Å². The van der Waals surface area contributed by atoms with E-state index in [9.17, 15) is 17.6 Å². The number of aryl methyl sites for hydroxylation is 1. The number of hydrogen-bond acceptors (Lipinski definition) is 4. The van der Waals surface area contributed by atoms with E-state index in [1.165, 1.54) is 16.4 Å². The summed E-state index contributed by atoms with van der Waals surface area (Å²) < 4.78 is 42.6. The fraction of sp³-hybridized carbons (Fsp3) is 0.333. The second-order valence-corrected chi connectivity index (χ2v) is 10.2. The number of carbonyl (C=O) groups is 1. The van der Waals surface area contributed by atoms with Gasteiger partial charge in [0.25, 0.3) is 0 Å². The van der Waals surface area contributed by atoms with Gasteiger partial charge in [0.15, 0.2) is 0 Å². The van der Waals surface area contributed by atoms with E-state index in [2.05, 4.69) is 5.10 Å². The Bertz CT molecular complexity index is 1260. The first kappa shape index (κ1) is 23.1. The van der Waals surface area contributed by atoms with E-state index in [1.54, 1.807) is 11.9 Å². The summed E-state index contributed by atoms with van der Waals surface area (Å²) in [6, 6.07) is 13.7. The number of benzene rings is 2. The van der Waals surface area contributed by atoms with E-state index < -0.39 is 21.9 Å². The first-order valence-electron chi connectivity index (χ1n) is 10.8. The number of sulfonamides is 1. The van der Waals surface area contributed by atoms with Crippen LogP contribution in [0.5, 0.6) is 0 Å². The average molecular weight is 471 g/mol. The van der Waals surface area contributed by atoms with Gasteiger partial charge in [0.05, 0.1) is 16.3 Å². The number of nitrogens with zero attached hydrogens (tertiary/aromatic N) is 4. The molecule has 3 aromatic rings. The van der Waals surface area contributed by atoms with Gasteiger partial charge < -0.3 is 4.90 Å². The summed E-state index contributed by atoms with van der Waals surface area (Å²) in [7, 11) is -2.22. The molecular formula is C24H27FN4O3S. The number of likely N-dealkylation sites (N-methyl/N-ethyl adjacent to an activating group) is 1. The fourth-order valence-electron chi connectivity index (χ4n) is 4.31. The lowest BCUT2D eigenvalue weighted by Gasteiger charge is -2.27. The molecule has 0 bridgehead atoms. The minimum atomic E-state index is -3.90. The van der Waals surface area contributed by atoms with Crippen LogP contribution in [0.3, 0.4) is 0 Å². The molecule has 2 heterocycles. The zero-order valence-corrected chi connectivity index (χ0v) is 19.7. The molecule has 1 aromatic heterocycles. The molecule has 4 rings (SSSR count). The molecule has 1 amide bonds. The lowest BCUT2D eigenvalue weighted by atomic mass is 10.1. The van der Waals surface area contributed by atoms with E-state index in [-0.39, 0.29) is 17.3 Å². The van der Waals surface area contributed by atoms with Crippen LogP contribution < -0.4 is 0 Å². The normalized spacial score (nSPS) is 16.8. The molecule has 1 atom stereocenters. The van der Waals surface area contributed by atoms with Gasteiger partial charge in [-0.25, -0.2) is 17.5 Å². The van der Waals surface area contributed by atoms with Crippen LogP contribution in [0.25, 0.3) is 5.69 Å². The second kappa shape index (κ2) is 9.07. The predicted molar refractivity (Wildman–Crippen MR) is 123 cm³/mol. The maximum absolute atomic E-state index is 13.3. The van der Waals surface area contributed by atoms with Crippen LogP contribution in [0.4, 0.5) is 4.39 Å². The van der Waals surface area contributed by atoms with Crippen molar-refractivity contribution in [3.05, 3.63) is 77.4 Å². The summed E-state index contributed by atoms with van der Waals surface area (Å²) in [6.07, 6.45) is 1.04. The van der Waals surface area contributed by atoms with Gasteiger partial charge in [-0.05, 0) is 63.1 Å². The highest BCUT2D eigenvalue weighted by atomic mass is 32.2. The molecular weight excluding hydrogens is 443 g/mol. The molecule has 0 unspecified atom stereocenters. The molecule has 1 aliphatic heterocycles. The highest BCUT2D eigenvalue weighted by Crippen LogP contribution is 2.28. The van der Waals surface area contributed by atoms with Crippen molar-refractivity contribution in [1.82, 2.24) is 19.0 Å². The van der Waals surface area contributed by atoms with Crippen LogP contribution in [0, 0.1) is 19.7 Å². The number of hydrogen-bond donors (Lipinski definition) is 0. The molecule has 0 spiro atoms. The van der Waals surface area contributed by atoms with Gasteiger partial charge in [-0.15, -0.1) is 0 Å². The van der Waals surface area contributed by atoms with E-state index >= 15 is 0 Å². The van der Waals surface area contributed by atoms with Crippen molar-refractivity contribution in [1.29, 1.82) is 0 Å². The maximum atomic E-state index is 13.3. The lowest BCUT2D eigenvalue weighted by Crippen LogP contribution is -2.46. The molecule has 7 nitrogen and oxygen atoms in total. The lowest BCUT2D eigenvalue weighted by molar-refractivity contribution is -0.133. The number of aromatic nitrogens is 2. The quantitative estimate of drug-likeness (QED) is 0.553. The Balaban J connectivity index is 1.55. The van der Waals surface area contributed by atoms with Crippen LogP contribution in [0.2, 0.25) is 0 Å². The SMILES string of the molecule is Cc1nn(-c2ccccc2)c(C)c1CN(C)C(=O)[C@H]1CCCN1S(=O)(=O)c1ccc(F)cc1. The number of rotatable bonds is 6. The summed E-state index contributed by atoms with van der Waals surface area (Å²) in [6.45, 7) is 4.45. The first-order chi connectivity index (χ1) is 15.7. The summed E-state index contributed by atoms with van der Waals surface area (Å²) >= 11 is 0. The Labute approximate surface area is 193 Å². The third kappa shape index (κ3) is 4.43. The van der Waals surface area contributed by atoms with E-state index in [0.29, 0.717) is 19.4 Å². The topological polar surface area (TPSA) is 75.5 Å². The van der Waals surface area contributed by atoms with Crippen LogP contribution >= 0.6 is 0 Å². The molecule has 0 N–H and O–H groups in total. The number of carbonyl (C=O) groups excluding carboxylic acids is 1. The van der Waals surface area contributed by atoms with Gasteiger partial charge in [-0.3, -0.25) is 4.79 Å². The van der Waals surface area contributed by atoms with Crippen LogP contribution in [0.1, 0.15) is 29.8 Å². The zero-order valence-electron chi connectivity index (χ0n) is 18.9. The molecule has 0 saturated carbocycles. The molecule has 1 saturated heterocycles. The van der Waals surface area contributed by atoms with Crippen molar-refractivity contribution in [3.63, 3.8) is 0 Å². The zero-order chi connectivity index (χ0) is 23.8. The largest absolute Gasteiger partial charge is 0.340 e. The molecule has 33 heavy (non-hydrogen) atoms. The van der Waals surface area contributed by atoms with Crippen LogP contribution in [-0.2, 0) is 21.4 Å². The van der Waals surface area contributed by atoms with Crippen LogP contribution in [0.15, 0.2) is 59.5 Å². The maximum Gasteiger partial charge on any atom is 0.243 e. The Morgan fingerprint density at radius 3 is 2.45 bits per heavy atom. The van der Waals surface area contributed by atoms with Gasteiger partial charge in [-0.2, -0.15) is 9.40 Å². The van der Waals surface area contributed by atoms with Gasteiger partial charge in [0.2, 0.25) is 15.9 Å². The minimum absolute atomic E-state index is 0.0120. The van der Waals surface area contributed by atoms with E-state index in [4.69, 9.17) is 0 Å². The van der Waals surface area contributed by atoms with Crippen LogP contribution in [-0.4, -0.2) is 52.9 Å². The summed E-state index contributed by atoms with van der Waals surface area (Å²) in [5, 5.41) is 4.63. The number of halogens is 1. The number of para-hydroxylation sites is 1.